The standard InChI is InChI=1S/C13H17BrN2S2/c1-13(2,3)12-16-8-10(18-12)7-15-6-9-4-5-11(14)17-9/h4-5,8,15H,6-7H2,1-3H3. The average molecular weight is 345 g/mol. The highest BCUT2D eigenvalue weighted by atomic mass is 79.9. The predicted molar refractivity (Wildman–Crippen MR) is 83.4 cm³/mol. The van der Waals surface area contributed by atoms with Crippen molar-refractivity contribution in [3.8, 4) is 0 Å². The van der Waals surface area contributed by atoms with Gasteiger partial charge in [0, 0.05) is 34.5 Å². The Kier molecular flexibility index (Phi) is 4.59. The van der Waals surface area contributed by atoms with Crippen molar-refractivity contribution in [1.82, 2.24) is 10.3 Å². The summed E-state index contributed by atoms with van der Waals surface area (Å²) in [5, 5.41) is 4.66. The van der Waals surface area contributed by atoms with Crippen molar-refractivity contribution in [2.45, 2.75) is 39.3 Å². The smallest absolute Gasteiger partial charge is 0.0981 e. The van der Waals surface area contributed by atoms with Crippen molar-refractivity contribution in [3.63, 3.8) is 0 Å². The molecule has 98 valence electrons. The van der Waals surface area contributed by atoms with Crippen molar-refractivity contribution in [1.29, 1.82) is 0 Å². The van der Waals surface area contributed by atoms with Crippen molar-refractivity contribution >= 4 is 38.6 Å². The van der Waals surface area contributed by atoms with Gasteiger partial charge in [0.1, 0.15) is 0 Å². The van der Waals surface area contributed by atoms with Crippen LogP contribution in [-0.4, -0.2) is 4.98 Å². The van der Waals surface area contributed by atoms with E-state index in [1.807, 2.05) is 6.20 Å². The number of hydrogen-bond acceptors (Lipinski definition) is 4. The van der Waals surface area contributed by atoms with Gasteiger partial charge in [-0.2, -0.15) is 0 Å². The third-order valence-corrected chi connectivity index (χ3v) is 5.47. The van der Waals surface area contributed by atoms with Gasteiger partial charge in [0.25, 0.3) is 0 Å². The second-order valence-electron chi connectivity index (χ2n) is 5.19. The summed E-state index contributed by atoms with van der Waals surface area (Å²) >= 11 is 7.05. The van der Waals surface area contributed by atoms with Crippen LogP contribution in [0.3, 0.4) is 0 Å². The van der Waals surface area contributed by atoms with Crippen LogP contribution in [0.4, 0.5) is 0 Å². The summed E-state index contributed by atoms with van der Waals surface area (Å²) in [4.78, 5) is 7.14. The van der Waals surface area contributed by atoms with Gasteiger partial charge in [-0.3, -0.25) is 0 Å². The molecule has 0 bridgehead atoms. The SMILES string of the molecule is CC(C)(C)c1ncc(CNCc2ccc(Br)s2)s1. The van der Waals surface area contributed by atoms with Gasteiger partial charge in [0.2, 0.25) is 0 Å². The van der Waals surface area contributed by atoms with Gasteiger partial charge in [-0.05, 0) is 28.1 Å². The van der Waals surface area contributed by atoms with Crippen LogP contribution in [0, 0.1) is 0 Å². The van der Waals surface area contributed by atoms with E-state index < -0.39 is 0 Å². The van der Waals surface area contributed by atoms with E-state index in [4.69, 9.17) is 0 Å². The van der Waals surface area contributed by atoms with Crippen LogP contribution in [0.2, 0.25) is 0 Å². The summed E-state index contributed by atoms with van der Waals surface area (Å²) in [6.45, 7) is 8.41. The third-order valence-electron chi connectivity index (χ3n) is 2.42. The quantitative estimate of drug-likeness (QED) is 0.879. The summed E-state index contributed by atoms with van der Waals surface area (Å²) in [6.07, 6.45) is 1.99. The van der Waals surface area contributed by atoms with Gasteiger partial charge in [-0.25, -0.2) is 4.98 Å². The predicted octanol–water partition coefficient (Wildman–Crippen LogP) is 4.55. The molecule has 0 saturated carbocycles. The molecule has 0 radical (unpaired) electrons. The van der Waals surface area contributed by atoms with Gasteiger partial charge in [-0.1, -0.05) is 20.8 Å². The second-order valence-corrected chi connectivity index (χ2v) is 8.85. The molecule has 0 atom stereocenters. The van der Waals surface area contributed by atoms with E-state index in [2.05, 4.69) is 59.1 Å². The first-order chi connectivity index (χ1) is 8.45. The van der Waals surface area contributed by atoms with Crippen LogP contribution < -0.4 is 5.32 Å². The lowest BCUT2D eigenvalue weighted by Gasteiger charge is -2.13. The maximum absolute atomic E-state index is 4.49. The number of thiophene rings is 1. The molecule has 2 nitrogen and oxygen atoms in total. The molecule has 2 heterocycles. The Morgan fingerprint density at radius 3 is 2.44 bits per heavy atom. The van der Waals surface area contributed by atoms with Crippen LogP contribution in [0.25, 0.3) is 0 Å². The lowest BCUT2D eigenvalue weighted by molar-refractivity contribution is 0.585. The summed E-state index contributed by atoms with van der Waals surface area (Å²) in [7, 11) is 0. The molecule has 0 spiro atoms. The highest BCUT2D eigenvalue weighted by Gasteiger charge is 2.17. The minimum atomic E-state index is 0.154. The molecule has 0 aliphatic heterocycles. The number of rotatable bonds is 4. The molecule has 0 unspecified atom stereocenters. The monoisotopic (exact) mass is 344 g/mol. The van der Waals surface area contributed by atoms with Gasteiger partial charge in [-0.15, -0.1) is 22.7 Å². The Bertz CT molecular complexity index is 511. The molecule has 1 N–H and O–H groups in total. The van der Waals surface area contributed by atoms with E-state index in [9.17, 15) is 0 Å². The number of hydrogen-bond donors (Lipinski definition) is 1. The Hall–Kier alpha value is -0.230. The number of halogens is 1. The van der Waals surface area contributed by atoms with Gasteiger partial charge < -0.3 is 5.32 Å². The first kappa shape index (κ1) is 14.2. The molecule has 0 aliphatic rings. The molecule has 2 aromatic rings. The molecule has 5 heteroatoms. The van der Waals surface area contributed by atoms with Crippen molar-refractivity contribution < 1.29 is 0 Å². The fraction of sp³-hybridized carbons (Fsp3) is 0.462. The van der Waals surface area contributed by atoms with E-state index in [0.717, 1.165) is 13.1 Å². The lowest BCUT2D eigenvalue weighted by Crippen LogP contribution is -2.11. The van der Waals surface area contributed by atoms with E-state index in [0.29, 0.717) is 0 Å². The van der Waals surface area contributed by atoms with E-state index in [-0.39, 0.29) is 5.41 Å². The van der Waals surface area contributed by atoms with Crippen molar-refractivity contribution in [3.05, 3.63) is 36.9 Å². The van der Waals surface area contributed by atoms with Gasteiger partial charge in [0.05, 0.1) is 8.79 Å². The van der Waals surface area contributed by atoms with Crippen LogP contribution in [0.5, 0.6) is 0 Å². The van der Waals surface area contributed by atoms with Crippen LogP contribution in [0.1, 0.15) is 35.5 Å². The largest absolute Gasteiger partial charge is 0.307 e. The molecule has 18 heavy (non-hydrogen) atoms. The fourth-order valence-electron chi connectivity index (χ4n) is 1.49. The van der Waals surface area contributed by atoms with E-state index in [1.54, 1.807) is 22.7 Å². The zero-order valence-electron chi connectivity index (χ0n) is 10.8. The summed E-state index contributed by atoms with van der Waals surface area (Å²) in [6, 6.07) is 4.24. The molecule has 0 amide bonds. The highest BCUT2D eigenvalue weighted by Crippen LogP contribution is 2.27. The minimum Gasteiger partial charge on any atom is -0.307 e. The first-order valence-corrected chi connectivity index (χ1v) is 8.28. The number of aromatic nitrogens is 1. The molecule has 0 aliphatic carbocycles. The topological polar surface area (TPSA) is 24.9 Å². The van der Waals surface area contributed by atoms with Crippen molar-refractivity contribution in [2.75, 3.05) is 0 Å². The van der Waals surface area contributed by atoms with Gasteiger partial charge >= 0.3 is 0 Å². The maximum atomic E-state index is 4.49. The Balaban J connectivity index is 1.85. The number of thiazole rings is 1. The molecule has 0 fully saturated rings. The second kappa shape index (κ2) is 5.82. The highest BCUT2D eigenvalue weighted by molar-refractivity contribution is 9.11. The molecular weight excluding hydrogens is 328 g/mol. The Labute approximate surface area is 125 Å². The molecule has 2 aromatic heterocycles. The summed E-state index contributed by atoms with van der Waals surface area (Å²) in [5.74, 6) is 0. The number of nitrogens with zero attached hydrogens (tertiary/aromatic N) is 1. The average Bonchev–Trinajstić information content (AvgIpc) is 2.87. The zero-order valence-corrected chi connectivity index (χ0v) is 14.0. The number of nitrogens with one attached hydrogen (secondary N) is 1. The fourth-order valence-corrected chi connectivity index (χ4v) is 3.88. The Morgan fingerprint density at radius 2 is 1.89 bits per heavy atom. The van der Waals surface area contributed by atoms with E-state index >= 15 is 0 Å². The maximum Gasteiger partial charge on any atom is 0.0981 e. The zero-order chi connectivity index (χ0) is 13.2. The summed E-state index contributed by atoms with van der Waals surface area (Å²) in [5.41, 5.74) is 0.154. The molecular formula is C13H17BrN2S2. The lowest BCUT2D eigenvalue weighted by atomic mass is 9.98. The first-order valence-electron chi connectivity index (χ1n) is 5.85. The normalized spacial score (nSPS) is 12.0. The van der Waals surface area contributed by atoms with E-state index in [1.165, 1.54) is 18.5 Å². The molecule has 0 saturated heterocycles. The van der Waals surface area contributed by atoms with Crippen LogP contribution in [0.15, 0.2) is 22.1 Å². The van der Waals surface area contributed by atoms with Crippen molar-refractivity contribution in [2.24, 2.45) is 0 Å². The van der Waals surface area contributed by atoms with Gasteiger partial charge in [0.15, 0.2) is 0 Å². The third kappa shape index (κ3) is 3.88. The Morgan fingerprint density at radius 1 is 1.17 bits per heavy atom. The van der Waals surface area contributed by atoms with Crippen LogP contribution in [-0.2, 0) is 18.5 Å². The molecule has 2 rings (SSSR count). The molecule has 0 aromatic carbocycles. The minimum absolute atomic E-state index is 0.154. The summed E-state index contributed by atoms with van der Waals surface area (Å²) < 4.78 is 1.19. The van der Waals surface area contributed by atoms with Crippen LogP contribution >= 0.6 is 38.6 Å².